The molecule has 1 atom stereocenters. The van der Waals surface area contributed by atoms with Gasteiger partial charge in [-0.15, -0.1) is 11.3 Å². The van der Waals surface area contributed by atoms with Crippen LogP contribution in [0.25, 0.3) is 0 Å². The molecule has 1 heterocycles. The van der Waals surface area contributed by atoms with Crippen LogP contribution in [0.15, 0.2) is 15.7 Å². The van der Waals surface area contributed by atoms with Gasteiger partial charge >= 0.3 is 5.97 Å². The van der Waals surface area contributed by atoms with Crippen LogP contribution in [0.4, 0.5) is 5.69 Å². The van der Waals surface area contributed by atoms with Crippen molar-refractivity contribution >= 4 is 34.8 Å². The third-order valence-electron chi connectivity index (χ3n) is 1.62. The van der Waals surface area contributed by atoms with Crippen molar-refractivity contribution in [1.82, 2.24) is 0 Å². The SMILES string of the molecule is COC(=O)C(C)Sc1sccc1[N+](=O)[O-]. The summed E-state index contributed by atoms with van der Waals surface area (Å²) in [6.07, 6.45) is 0. The number of carbonyl (C=O) groups is 1. The van der Waals surface area contributed by atoms with Gasteiger partial charge in [-0.25, -0.2) is 0 Å². The Balaban J connectivity index is 2.76. The summed E-state index contributed by atoms with van der Waals surface area (Å²) in [5.41, 5.74) is 0.0424. The van der Waals surface area contributed by atoms with Gasteiger partial charge in [0, 0.05) is 6.07 Å². The number of hydrogen-bond donors (Lipinski definition) is 0. The Labute approximate surface area is 94.6 Å². The fourth-order valence-electron chi connectivity index (χ4n) is 0.887. The molecule has 1 aromatic heterocycles. The maximum Gasteiger partial charge on any atom is 0.318 e. The maximum atomic E-state index is 11.1. The van der Waals surface area contributed by atoms with Gasteiger partial charge in [0.05, 0.1) is 12.0 Å². The largest absolute Gasteiger partial charge is 0.468 e. The molecular formula is C8H9NO4S2. The van der Waals surface area contributed by atoms with E-state index in [-0.39, 0.29) is 11.7 Å². The normalized spacial score (nSPS) is 12.1. The summed E-state index contributed by atoms with van der Waals surface area (Å²) in [6, 6.07) is 1.43. The molecular weight excluding hydrogens is 238 g/mol. The lowest BCUT2D eigenvalue weighted by Crippen LogP contribution is -2.14. The summed E-state index contributed by atoms with van der Waals surface area (Å²) in [5, 5.41) is 11.8. The number of carbonyl (C=O) groups excluding carboxylic acids is 1. The summed E-state index contributed by atoms with van der Waals surface area (Å²) in [4.78, 5) is 21.2. The molecule has 0 saturated carbocycles. The van der Waals surface area contributed by atoms with Crippen LogP contribution in [0.2, 0.25) is 0 Å². The number of nitrogens with zero attached hydrogens (tertiary/aromatic N) is 1. The second kappa shape index (κ2) is 5.13. The van der Waals surface area contributed by atoms with Crippen LogP contribution >= 0.6 is 23.1 Å². The Morgan fingerprint density at radius 1 is 1.73 bits per heavy atom. The standard InChI is InChI=1S/C8H9NO4S2/c1-5(7(10)13-2)15-8-6(9(11)12)3-4-14-8/h3-5H,1-2H3. The van der Waals surface area contributed by atoms with Crippen LogP contribution in [-0.4, -0.2) is 23.3 Å². The minimum atomic E-state index is -0.456. The summed E-state index contributed by atoms with van der Waals surface area (Å²) < 4.78 is 5.06. The number of thiophene rings is 1. The van der Waals surface area contributed by atoms with Gasteiger partial charge in [0.15, 0.2) is 0 Å². The maximum absolute atomic E-state index is 11.1. The van der Waals surface area contributed by atoms with Gasteiger partial charge < -0.3 is 4.74 Å². The molecule has 0 bridgehead atoms. The molecule has 0 spiro atoms. The van der Waals surface area contributed by atoms with Crippen LogP contribution in [0, 0.1) is 10.1 Å². The Kier molecular flexibility index (Phi) is 4.10. The van der Waals surface area contributed by atoms with Crippen molar-refractivity contribution in [2.75, 3.05) is 7.11 Å². The van der Waals surface area contributed by atoms with E-state index in [1.165, 1.54) is 24.5 Å². The molecule has 0 N–H and O–H groups in total. The van der Waals surface area contributed by atoms with E-state index in [9.17, 15) is 14.9 Å². The van der Waals surface area contributed by atoms with Crippen molar-refractivity contribution in [3.63, 3.8) is 0 Å². The minimum Gasteiger partial charge on any atom is -0.468 e. The number of rotatable bonds is 4. The first-order chi connectivity index (χ1) is 7.06. The zero-order valence-corrected chi connectivity index (χ0v) is 9.76. The quantitative estimate of drug-likeness (QED) is 0.353. The highest BCUT2D eigenvalue weighted by Gasteiger charge is 2.22. The molecule has 0 aliphatic carbocycles. The van der Waals surface area contributed by atoms with Crippen molar-refractivity contribution in [2.45, 2.75) is 16.4 Å². The number of thioether (sulfide) groups is 1. The summed E-state index contributed by atoms with van der Waals surface area (Å²) >= 11 is 2.39. The molecule has 0 aromatic carbocycles. The summed E-state index contributed by atoms with van der Waals surface area (Å²) in [5.74, 6) is -0.386. The first-order valence-electron chi connectivity index (χ1n) is 4.02. The van der Waals surface area contributed by atoms with E-state index < -0.39 is 10.2 Å². The van der Waals surface area contributed by atoms with Gasteiger partial charge in [-0.2, -0.15) is 0 Å². The molecule has 0 fully saturated rings. The minimum absolute atomic E-state index is 0.0424. The smallest absolute Gasteiger partial charge is 0.318 e. The van der Waals surface area contributed by atoms with E-state index >= 15 is 0 Å². The monoisotopic (exact) mass is 247 g/mol. The number of ether oxygens (including phenoxy) is 1. The van der Waals surface area contributed by atoms with Gasteiger partial charge in [-0.1, -0.05) is 11.8 Å². The molecule has 0 amide bonds. The zero-order valence-electron chi connectivity index (χ0n) is 8.13. The number of nitro groups is 1. The Bertz CT molecular complexity index is 376. The molecule has 0 radical (unpaired) electrons. The van der Waals surface area contributed by atoms with Crippen molar-refractivity contribution in [2.24, 2.45) is 0 Å². The average molecular weight is 247 g/mol. The van der Waals surface area contributed by atoms with Gasteiger partial charge in [0.2, 0.25) is 0 Å². The lowest BCUT2D eigenvalue weighted by molar-refractivity contribution is -0.387. The molecule has 0 aliphatic heterocycles. The van der Waals surface area contributed by atoms with Crippen LogP contribution in [-0.2, 0) is 9.53 Å². The Morgan fingerprint density at radius 2 is 2.40 bits per heavy atom. The predicted octanol–water partition coefficient (Wildman–Crippen LogP) is 2.31. The predicted molar refractivity (Wildman–Crippen MR) is 58.3 cm³/mol. The lowest BCUT2D eigenvalue weighted by atomic mass is 10.5. The van der Waals surface area contributed by atoms with E-state index in [4.69, 9.17) is 0 Å². The first kappa shape index (κ1) is 12.0. The Morgan fingerprint density at radius 3 is 2.93 bits per heavy atom. The van der Waals surface area contributed by atoms with Crippen LogP contribution in [0.3, 0.4) is 0 Å². The van der Waals surface area contributed by atoms with Crippen molar-refractivity contribution in [3.05, 3.63) is 21.6 Å². The van der Waals surface area contributed by atoms with E-state index in [1.54, 1.807) is 12.3 Å². The third-order valence-corrected chi connectivity index (χ3v) is 3.87. The van der Waals surface area contributed by atoms with Gasteiger partial charge in [-0.05, 0) is 12.3 Å². The second-order valence-corrected chi connectivity index (χ2v) is 5.16. The van der Waals surface area contributed by atoms with E-state index in [1.807, 2.05) is 0 Å². The highest BCUT2D eigenvalue weighted by Crippen LogP contribution is 2.36. The molecule has 1 aromatic rings. The molecule has 1 rings (SSSR count). The fourth-order valence-corrected chi connectivity index (χ4v) is 3.07. The van der Waals surface area contributed by atoms with E-state index in [0.29, 0.717) is 4.21 Å². The number of esters is 1. The Hall–Kier alpha value is -1.08. The molecule has 1 unspecified atom stereocenters. The first-order valence-corrected chi connectivity index (χ1v) is 5.78. The van der Waals surface area contributed by atoms with Crippen LogP contribution in [0.1, 0.15) is 6.92 Å². The van der Waals surface area contributed by atoms with Gasteiger partial charge in [0.25, 0.3) is 5.69 Å². The summed E-state index contributed by atoms with van der Waals surface area (Å²) in [7, 11) is 1.29. The molecule has 15 heavy (non-hydrogen) atoms. The average Bonchev–Trinajstić information content (AvgIpc) is 2.64. The third kappa shape index (κ3) is 2.93. The molecule has 7 heteroatoms. The van der Waals surface area contributed by atoms with E-state index in [0.717, 1.165) is 11.8 Å². The van der Waals surface area contributed by atoms with Crippen molar-refractivity contribution in [3.8, 4) is 0 Å². The molecule has 5 nitrogen and oxygen atoms in total. The second-order valence-electron chi connectivity index (χ2n) is 2.63. The molecule has 0 aliphatic rings. The van der Waals surface area contributed by atoms with Crippen molar-refractivity contribution < 1.29 is 14.5 Å². The number of methoxy groups -OCH3 is 1. The van der Waals surface area contributed by atoms with E-state index in [2.05, 4.69) is 4.74 Å². The summed E-state index contributed by atoms with van der Waals surface area (Å²) in [6.45, 7) is 1.65. The fraction of sp³-hybridized carbons (Fsp3) is 0.375. The zero-order chi connectivity index (χ0) is 11.4. The van der Waals surface area contributed by atoms with Crippen LogP contribution < -0.4 is 0 Å². The lowest BCUT2D eigenvalue weighted by Gasteiger charge is -2.06. The molecule has 82 valence electrons. The number of hydrogen-bond acceptors (Lipinski definition) is 6. The van der Waals surface area contributed by atoms with Gasteiger partial charge in [-0.3, -0.25) is 14.9 Å². The van der Waals surface area contributed by atoms with Crippen LogP contribution in [0.5, 0.6) is 0 Å². The highest BCUT2D eigenvalue weighted by atomic mass is 32.2. The van der Waals surface area contributed by atoms with Crippen molar-refractivity contribution in [1.29, 1.82) is 0 Å². The van der Waals surface area contributed by atoms with Gasteiger partial charge in [0.1, 0.15) is 9.46 Å². The topological polar surface area (TPSA) is 69.4 Å². The highest BCUT2D eigenvalue weighted by molar-refractivity contribution is 8.02. The molecule has 0 saturated heterocycles.